The molecule has 0 amide bonds. The Labute approximate surface area is 163 Å². The van der Waals surface area contributed by atoms with Crippen LogP contribution in [0.1, 0.15) is 5.69 Å². The topological polar surface area (TPSA) is 60.6 Å². The predicted molar refractivity (Wildman–Crippen MR) is 106 cm³/mol. The van der Waals surface area contributed by atoms with Gasteiger partial charge in [-0.05, 0) is 18.2 Å². The van der Waals surface area contributed by atoms with Gasteiger partial charge in [-0.15, -0.1) is 24.8 Å². The second kappa shape index (κ2) is 7.45. The van der Waals surface area contributed by atoms with E-state index in [4.69, 9.17) is 5.10 Å². The molecule has 26 heavy (non-hydrogen) atoms. The molecule has 0 atom stereocenters. The molecule has 1 aliphatic heterocycles. The van der Waals surface area contributed by atoms with Crippen molar-refractivity contribution in [2.45, 2.75) is 13.1 Å². The number of pyridine rings is 1. The number of aromatic nitrogens is 5. The molecule has 3 aromatic heterocycles. The van der Waals surface area contributed by atoms with Crippen LogP contribution in [-0.4, -0.2) is 30.9 Å². The maximum Gasteiger partial charge on any atom is 0.165 e. The maximum atomic E-state index is 4.74. The van der Waals surface area contributed by atoms with Crippen molar-refractivity contribution in [3.8, 4) is 17.2 Å². The third kappa shape index (κ3) is 2.96. The summed E-state index contributed by atoms with van der Waals surface area (Å²) < 4.78 is 4.17. The fourth-order valence-electron chi connectivity index (χ4n) is 3.30. The van der Waals surface area contributed by atoms with Crippen molar-refractivity contribution in [2.75, 3.05) is 6.54 Å². The summed E-state index contributed by atoms with van der Waals surface area (Å²) in [6, 6.07) is 10.4. The van der Waals surface area contributed by atoms with Crippen molar-refractivity contribution in [2.24, 2.45) is 0 Å². The number of nitrogens with zero attached hydrogens (tertiary/aromatic N) is 5. The van der Waals surface area contributed by atoms with E-state index in [9.17, 15) is 0 Å². The number of benzene rings is 1. The Hall–Kier alpha value is -2.41. The fourth-order valence-corrected chi connectivity index (χ4v) is 3.30. The lowest BCUT2D eigenvalue weighted by Gasteiger charge is -2.13. The van der Waals surface area contributed by atoms with Crippen LogP contribution in [0, 0.1) is 0 Å². The van der Waals surface area contributed by atoms with Gasteiger partial charge in [0.15, 0.2) is 5.82 Å². The zero-order valence-corrected chi connectivity index (χ0v) is 15.5. The van der Waals surface area contributed by atoms with E-state index in [0.29, 0.717) is 0 Å². The molecule has 0 bridgehead atoms. The molecule has 0 saturated carbocycles. The number of nitrogens with one attached hydrogen (secondary N) is 1. The molecule has 1 aliphatic rings. The highest BCUT2D eigenvalue weighted by atomic mass is 35.5. The summed E-state index contributed by atoms with van der Waals surface area (Å²) in [5, 5.41) is 10.4. The molecule has 5 rings (SSSR count). The van der Waals surface area contributed by atoms with Crippen LogP contribution >= 0.6 is 24.8 Å². The SMILES string of the molecule is Cl.Cl.c1cc(-n2ccnc2-c2cc3n(n2)CCNC3)c2ccncc2c1. The van der Waals surface area contributed by atoms with Crippen molar-refractivity contribution in [1.29, 1.82) is 0 Å². The van der Waals surface area contributed by atoms with Crippen molar-refractivity contribution < 1.29 is 0 Å². The third-order valence-electron chi connectivity index (χ3n) is 4.46. The average molecular weight is 389 g/mol. The van der Waals surface area contributed by atoms with E-state index >= 15 is 0 Å². The lowest BCUT2D eigenvalue weighted by atomic mass is 10.1. The second-order valence-corrected chi connectivity index (χ2v) is 5.92. The van der Waals surface area contributed by atoms with Crippen LogP contribution < -0.4 is 5.32 Å². The number of fused-ring (bicyclic) bond motifs is 2. The van der Waals surface area contributed by atoms with Gasteiger partial charge in [0.1, 0.15) is 5.69 Å². The highest BCUT2D eigenvalue weighted by molar-refractivity contribution is 5.90. The number of hydrogen-bond donors (Lipinski definition) is 1. The Balaban J connectivity index is 0.000000980. The molecule has 0 unspecified atom stereocenters. The van der Waals surface area contributed by atoms with E-state index < -0.39 is 0 Å². The Bertz CT molecular complexity index is 1010. The van der Waals surface area contributed by atoms with Crippen molar-refractivity contribution in [3.63, 3.8) is 0 Å². The van der Waals surface area contributed by atoms with Crippen LogP contribution in [0.2, 0.25) is 0 Å². The predicted octanol–water partition coefficient (Wildman–Crippen LogP) is 3.23. The van der Waals surface area contributed by atoms with Gasteiger partial charge in [0.05, 0.1) is 17.9 Å². The highest BCUT2D eigenvalue weighted by Crippen LogP contribution is 2.27. The molecular weight excluding hydrogens is 371 g/mol. The smallest absolute Gasteiger partial charge is 0.165 e. The van der Waals surface area contributed by atoms with Gasteiger partial charge in [-0.1, -0.05) is 12.1 Å². The quantitative estimate of drug-likeness (QED) is 0.572. The molecule has 1 aromatic carbocycles. The Kier molecular flexibility index (Phi) is 5.27. The zero-order chi connectivity index (χ0) is 15.9. The van der Waals surface area contributed by atoms with Gasteiger partial charge in [0.2, 0.25) is 0 Å². The van der Waals surface area contributed by atoms with Crippen LogP contribution in [0.5, 0.6) is 0 Å². The highest BCUT2D eigenvalue weighted by Gasteiger charge is 2.17. The first-order valence-electron chi connectivity index (χ1n) is 8.04. The summed E-state index contributed by atoms with van der Waals surface area (Å²) in [4.78, 5) is 8.78. The Morgan fingerprint density at radius 1 is 1.08 bits per heavy atom. The van der Waals surface area contributed by atoms with E-state index in [0.717, 1.165) is 47.6 Å². The van der Waals surface area contributed by atoms with Crippen molar-refractivity contribution >= 4 is 35.6 Å². The molecular formula is C18H18Cl2N6. The van der Waals surface area contributed by atoms with Gasteiger partial charge < -0.3 is 5.32 Å². The lowest BCUT2D eigenvalue weighted by Crippen LogP contribution is -2.28. The minimum absolute atomic E-state index is 0. The monoisotopic (exact) mass is 388 g/mol. The molecule has 134 valence electrons. The first-order chi connectivity index (χ1) is 11.9. The van der Waals surface area contributed by atoms with Crippen LogP contribution in [0.4, 0.5) is 0 Å². The Morgan fingerprint density at radius 2 is 2.00 bits per heavy atom. The molecule has 0 saturated heterocycles. The first kappa shape index (κ1) is 18.4. The molecule has 1 N–H and O–H groups in total. The van der Waals surface area contributed by atoms with Gasteiger partial charge in [0, 0.05) is 48.6 Å². The normalized spacial score (nSPS) is 12.9. The van der Waals surface area contributed by atoms with E-state index in [2.05, 4.69) is 42.7 Å². The molecule has 4 aromatic rings. The summed E-state index contributed by atoms with van der Waals surface area (Å²) in [5.74, 6) is 0.862. The largest absolute Gasteiger partial charge is 0.309 e. The lowest BCUT2D eigenvalue weighted by molar-refractivity contribution is 0.476. The standard InChI is InChI=1S/C18H16N6.2ClH/c1-2-13-11-19-5-4-15(13)17(3-1)23-8-7-21-18(23)16-10-14-12-20-6-9-24(14)22-16;;/h1-5,7-8,10-11,20H,6,9,12H2;2*1H. The second-order valence-electron chi connectivity index (χ2n) is 5.92. The van der Waals surface area contributed by atoms with Crippen molar-refractivity contribution in [1.82, 2.24) is 29.6 Å². The maximum absolute atomic E-state index is 4.74. The number of imidazole rings is 1. The van der Waals surface area contributed by atoms with Crippen LogP contribution in [-0.2, 0) is 13.1 Å². The minimum atomic E-state index is 0. The summed E-state index contributed by atoms with van der Waals surface area (Å²) in [5.41, 5.74) is 3.20. The first-order valence-corrected chi connectivity index (χ1v) is 8.04. The molecule has 0 radical (unpaired) electrons. The zero-order valence-electron chi connectivity index (χ0n) is 13.9. The van der Waals surface area contributed by atoms with Gasteiger partial charge in [-0.2, -0.15) is 5.10 Å². The van der Waals surface area contributed by atoms with Gasteiger partial charge >= 0.3 is 0 Å². The summed E-state index contributed by atoms with van der Waals surface area (Å²) >= 11 is 0. The summed E-state index contributed by atoms with van der Waals surface area (Å²) in [7, 11) is 0. The average Bonchev–Trinajstić information content (AvgIpc) is 3.27. The van der Waals surface area contributed by atoms with Crippen LogP contribution in [0.3, 0.4) is 0 Å². The van der Waals surface area contributed by atoms with Gasteiger partial charge in [-0.3, -0.25) is 14.2 Å². The molecule has 8 heteroatoms. The summed E-state index contributed by atoms with van der Waals surface area (Å²) in [6.45, 7) is 2.71. The number of rotatable bonds is 2. The van der Waals surface area contributed by atoms with Crippen molar-refractivity contribution in [3.05, 3.63) is 60.8 Å². The fraction of sp³-hybridized carbons (Fsp3) is 0.167. The summed E-state index contributed by atoms with van der Waals surface area (Å²) in [6.07, 6.45) is 7.52. The van der Waals surface area contributed by atoms with Crippen LogP contribution in [0.15, 0.2) is 55.1 Å². The number of hydrogen-bond acceptors (Lipinski definition) is 4. The van der Waals surface area contributed by atoms with E-state index in [-0.39, 0.29) is 24.8 Å². The third-order valence-corrected chi connectivity index (χ3v) is 4.46. The minimum Gasteiger partial charge on any atom is -0.309 e. The van der Waals surface area contributed by atoms with E-state index in [1.165, 1.54) is 5.69 Å². The molecule has 4 heterocycles. The Morgan fingerprint density at radius 3 is 2.88 bits per heavy atom. The van der Waals surface area contributed by atoms with Gasteiger partial charge in [-0.25, -0.2) is 4.98 Å². The van der Waals surface area contributed by atoms with Gasteiger partial charge in [0.25, 0.3) is 0 Å². The number of halogens is 2. The van der Waals surface area contributed by atoms with E-state index in [1.807, 2.05) is 36.9 Å². The molecule has 0 spiro atoms. The molecule has 0 aliphatic carbocycles. The molecule has 0 fully saturated rings. The van der Waals surface area contributed by atoms with Crippen LogP contribution in [0.25, 0.3) is 28.0 Å². The molecule has 6 nitrogen and oxygen atoms in total. The van der Waals surface area contributed by atoms with E-state index in [1.54, 1.807) is 0 Å².